The highest BCUT2D eigenvalue weighted by atomic mass is 79.9. The number of benzene rings is 3. The number of carboxylic acids is 1. The van der Waals surface area contributed by atoms with Gasteiger partial charge >= 0.3 is 5.97 Å². The minimum Gasteiger partial charge on any atom is -0.497 e. The van der Waals surface area contributed by atoms with Crippen LogP contribution in [-0.2, 0) is 27.3 Å². The van der Waals surface area contributed by atoms with Crippen LogP contribution < -0.4 is 19.5 Å². The van der Waals surface area contributed by atoms with Crippen molar-refractivity contribution in [2.75, 3.05) is 33.9 Å². The average Bonchev–Trinajstić information content (AvgIpc) is 4.01. The summed E-state index contributed by atoms with van der Waals surface area (Å²) in [7, 11) is 3.21. The Balaban J connectivity index is 1.25. The molecule has 1 aliphatic carbocycles. The zero-order chi connectivity index (χ0) is 38.6. The number of piperazine rings is 1. The van der Waals surface area contributed by atoms with E-state index in [2.05, 4.69) is 45.5 Å². The van der Waals surface area contributed by atoms with Gasteiger partial charge in [0.2, 0.25) is 5.91 Å². The fourth-order valence-corrected chi connectivity index (χ4v) is 7.60. The SMILES string of the molecule is COc1cc(CN(C(=O)C2=C(c3ccc(CCCOc4cc(F)ccc4Br)cc3)CC3CN(C(=O)CCC(C)(C)C(=O)O)C[C@H]2N3)C2CC2)cc(OC)c1. The maximum absolute atomic E-state index is 14.9. The van der Waals surface area contributed by atoms with Crippen LogP contribution in [0.4, 0.5) is 4.39 Å². The Hall–Kier alpha value is -4.42. The molecule has 1 saturated heterocycles. The number of aliphatic carboxylic acids is 1. The molecule has 288 valence electrons. The molecule has 2 heterocycles. The van der Waals surface area contributed by atoms with Crippen LogP contribution in [0.5, 0.6) is 17.2 Å². The number of halogens is 2. The molecule has 12 heteroatoms. The third-order valence-corrected chi connectivity index (χ3v) is 11.3. The number of methoxy groups -OCH3 is 2. The second-order valence-electron chi connectivity index (χ2n) is 15.1. The van der Waals surface area contributed by atoms with E-state index < -0.39 is 17.4 Å². The molecule has 3 aromatic rings. The van der Waals surface area contributed by atoms with Crippen molar-refractivity contribution in [2.45, 2.75) is 83.5 Å². The predicted molar refractivity (Wildman–Crippen MR) is 207 cm³/mol. The first-order valence-corrected chi connectivity index (χ1v) is 19.3. The average molecular weight is 807 g/mol. The first kappa shape index (κ1) is 39.3. The molecule has 10 nitrogen and oxygen atoms in total. The highest BCUT2D eigenvalue weighted by Gasteiger charge is 2.43. The maximum atomic E-state index is 14.9. The predicted octanol–water partition coefficient (Wildman–Crippen LogP) is 7.03. The standard InChI is InChI=1S/C42H49BrFN3O7/c1-42(2,41(50)51)16-15-38(48)46-24-30-21-34(28-9-7-26(8-10-28)6-5-17-54-37-20-29(44)11-14-35(37)43)39(36(25-46)45-30)40(49)47(31-12-13-31)23-27-18-32(52-3)22-33(19-27)53-4/h7-11,14,18-20,22,30-31,36,45H,5-6,12-13,15-17,21,23-25H2,1-4H3,(H,50,51)/t30?,36-/m1/s1. The lowest BCUT2D eigenvalue weighted by Crippen LogP contribution is -2.62. The van der Waals surface area contributed by atoms with Gasteiger partial charge in [0.1, 0.15) is 23.1 Å². The topological polar surface area (TPSA) is 118 Å². The molecule has 54 heavy (non-hydrogen) atoms. The van der Waals surface area contributed by atoms with Gasteiger partial charge in [0, 0.05) is 55.8 Å². The van der Waals surface area contributed by atoms with Crippen LogP contribution >= 0.6 is 15.9 Å². The van der Waals surface area contributed by atoms with Crippen molar-refractivity contribution in [3.63, 3.8) is 0 Å². The molecule has 2 atom stereocenters. The third kappa shape index (κ3) is 9.44. The van der Waals surface area contributed by atoms with E-state index in [0.717, 1.165) is 47.9 Å². The van der Waals surface area contributed by atoms with Crippen LogP contribution in [0, 0.1) is 11.2 Å². The fraction of sp³-hybridized carbons (Fsp3) is 0.452. The van der Waals surface area contributed by atoms with Crippen molar-refractivity contribution in [3.8, 4) is 17.2 Å². The number of hydrogen-bond donors (Lipinski definition) is 2. The van der Waals surface area contributed by atoms with E-state index in [1.54, 1.807) is 39.0 Å². The fourth-order valence-electron chi connectivity index (χ4n) is 7.24. The highest BCUT2D eigenvalue weighted by Crippen LogP contribution is 2.38. The monoisotopic (exact) mass is 805 g/mol. The van der Waals surface area contributed by atoms with Crippen molar-refractivity contribution in [1.82, 2.24) is 15.1 Å². The van der Waals surface area contributed by atoms with Gasteiger partial charge in [-0.15, -0.1) is 0 Å². The van der Waals surface area contributed by atoms with Gasteiger partial charge in [-0.2, -0.15) is 0 Å². The number of hydrogen-bond acceptors (Lipinski definition) is 7. The summed E-state index contributed by atoms with van der Waals surface area (Å²) in [6.07, 6.45) is 4.23. The van der Waals surface area contributed by atoms with Gasteiger partial charge in [-0.05, 0) is 115 Å². The lowest BCUT2D eigenvalue weighted by atomic mass is 9.82. The molecule has 2 bridgehead atoms. The first-order chi connectivity index (χ1) is 25.8. The van der Waals surface area contributed by atoms with E-state index in [-0.39, 0.29) is 42.6 Å². The second-order valence-corrected chi connectivity index (χ2v) is 16.0. The van der Waals surface area contributed by atoms with E-state index in [4.69, 9.17) is 14.2 Å². The third-order valence-electron chi connectivity index (χ3n) is 10.6. The molecule has 2 aliphatic heterocycles. The van der Waals surface area contributed by atoms with Gasteiger partial charge in [-0.1, -0.05) is 24.3 Å². The molecule has 0 spiro atoms. The second kappa shape index (κ2) is 16.9. The molecule has 1 unspecified atom stereocenters. The van der Waals surface area contributed by atoms with Gasteiger partial charge in [-0.3, -0.25) is 14.4 Å². The van der Waals surface area contributed by atoms with Crippen LogP contribution in [0.15, 0.2) is 70.7 Å². The summed E-state index contributed by atoms with van der Waals surface area (Å²) in [5, 5.41) is 13.3. The maximum Gasteiger partial charge on any atom is 0.309 e. The lowest BCUT2D eigenvalue weighted by Gasteiger charge is -2.45. The largest absolute Gasteiger partial charge is 0.497 e. The Morgan fingerprint density at radius 1 is 0.981 bits per heavy atom. The van der Waals surface area contributed by atoms with Crippen molar-refractivity contribution < 1.29 is 38.1 Å². The van der Waals surface area contributed by atoms with Gasteiger partial charge in [0.15, 0.2) is 0 Å². The summed E-state index contributed by atoms with van der Waals surface area (Å²) >= 11 is 3.41. The summed E-state index contributed by atoms with van der Waals surface area (Å²) in [5.74, 6) is 0.330. The zero-order valence-electron chi connectivity index (χ0n) is 31.3. The van der Waals surface area contributed by atoms with E-state index in [9.17, 15) is 23.9 Å². The van der Waals surface area contributed by atoms with Crippen molar-refractivity contribution >= 4 is 39.3 Å². The number of aryl methyl sites for hydroxylation is 1. The van der Waals surface area contributed by atoms with Crippen molar-refractivity contribution in [3.05, 3.63) is 93.2 Å². The normalized spacial score (nSPS) is 18.3. The number of nitrogens with zero attached hydrogens (tertiary/aromatic N) is 2. The summed E-state index contributed by atoms with van der Waals surface area (Å²) in [4.78, 5) is 44.0. The molecule has 0 radical (unpaired) electrons. The van der Waals surface area contributed by atoms with Crippen LogP contribution in [0.2, 0.25) is 0 Å². The van der Waals surface area contributed by atoms with E-state index in [0.29, 0.717) is 60.0 Å². The molecule has 3 aliphatic rings. The molecule has 2 N–H and O–H groups in total. The number of carboxylic acid groups (broad SMARTS) is 1. The molecule has 6 rings (SSSR count). The Bertz CT molecular complexity index is 1870. The van der Waals surface area contributed by atoms with E-state index in [1.807, 2.05) is 23.1 Å². The smallest absolute Gasteiger partial charge is 0.309 e. The lowest BCUT2D eigenvalue weighted by molar-refractivity contribution is -0.148. The Kier molecular flexibility index (Phi) is 12.3. The quantitative estimate of drug-likeness (QED) is 0.148. The van der Waals surface area contributed by atoms with Crippen molar-refractivity contribution in [1.29, 1.82) is 0 Å². The van der Waals surface area contributed by atoms with Gasteiger partial charge in [0.25, 0.3) is 5.91 Å². The molecule has 3 aromatic carbocycles. The number of amides is 2. The number of nitrogens with one attached hydrogen (secondary N) is 1. The Morgan fingerprint density at radius 2 is 1.69 bits per heavy atom. The minimum atomic E-state index is -1.01. The molecule has 1 saturated carbocycles. The van der Waals surface area contributed by atoms with Gasteiger partial charge in [0.05, 0.1) is 36.8 Å². The number of fused-ring (bicyclic) bond motifs is 2. The summed E-state index contributed by atoms with van der Waals surface area (Å²) in [6.45, 7) is 4.88. The van der Waals surface area contributed by atoms with Crippen LogP contribution in [0.25, 0.3) is 5.57 Å². The number of rotatable bonds is 16. The Morgan fingerprint density at radius 3 is 2.33 bits per heavy atom. The minimum absolute atomic E-state index is 0.0590. The molecular weight excluding hydrogens is 757 g/mol. The number of carbonyl (C=O) groups excluding carboxylic acids is 2. The van der Waals surface area contributed by atoms with Crippen molar-refractivity contribution in [2.24, 2.45) is 5.41 Å². The van der Waals surface area contributed by atoms with Gasteiger partial charge in [-0.25, -0.2) is 4.39 Å². The molecular formula is C42H49BrFN3O7. The summed E-state index contributed by atoms with van der Waals surface area (Å²) in [6, 6.07) is 18.0. The van der Waals surface area contributed by atoms with Crippen LogP contribution in [0.1, 0.15) is 69.1 Å². The zero-order valence-corrected chi connectivity index (χ0v) is 32.9. The number of ether oxygens (including phenoxy) is 3. The Labute approximate surface area is 324 Å². The summed E-state index contributed by atoms with van der Waals surface area (Å²) < 4.78 is 31.2. The van der Waals surface area contributed by atoms with Crippen LogP contribution in [-0.4, -0.2) is 84.7 Å². The summed E-state index contributed by atoms with van der Waals surface area (Å²) in [5.41, 5.74) is 3.62. The molecule has 2 amide bonds. The van der Waals surface area contributed by atoms with E-state index in [1.165, 1.54) is 12.1 Å². The first-order valence-electron chi connectivity index (χ1n) is 18.6. The van der Waals surface area contributed by atoms with Gasteiger partial charge < -0.3 is 34.4 Å². The van der Waals surface area contributed by atoms with E-state index >= 15 is 0 Å². The number of carbonyl (C=O) groups is 3. The molecule has 0 aromatic heterocycles. The molecule has 2 fully saturated rings. The van der Waals surface area contributed by atoms with Crippen LogP contribution in [0.3, 0.4) is 0 Å². The highest BCUT2D eigenvalue weighted by molar-refractivity contribution is 9.10.